The van der Waals surface area contributed by atoms with Crippen LogP contribution in [0, 0.1) is 17.8 Å². The molecule has 4 heteroatoms. The topological polar surface area (TPSA) is 32.6 Å². The van der Waals surface area contributed by atoms with Crippen LogP contribution in [0.25, 0.3) is 23.9 Å². The lowest BCUT2D eigenvalue weighted by molar-refractivity contribution is 0.247. The second kappa shape index (κ2) is 13.8. The molecule has 3 heterocycles. The smallest absolute Gasteiger partial charge is 0.197 e. The Balaban J connectivity index is 0.835. The first-order chi connectivity index (χ1) is 29.7. The number of nitrogens with zero attached hydrogens (tertiary/aromatic N) is 3. The van der Waals surface area contributed by atoms with Crippen LogP contribution in [-0.4, -0.2) is 27.5 Å². The van der Waals surface area contributed by atoms with Crippen molar-refractivity contribution in [1.29, 1.82) is 0 Å². The van der Waals surface area contributed by atoms with Gasteiger partial charge in [0.25, 0.3) is 0 Å². The molecule has 296 valence electrons. The predicted octanol–water partition coefficient (Wildman–Crippen LogP) is 11.0. The molecule has 0 saturated heterocycles. The zero-order chi connectivity index (χ0) is 39.3. The monoisotopic (exact) mass is 780 g/mol. The molecular weight excluding hydrogens is 729 g/mol. The average Bonchev–Trinajstić information content (AvgIpc) is 3.99. The van der Waals surface area contributed by atoms with Crippen molar-refractivity contribution in [3.05, 3.63) is 193 Å². The predicted molar refractivity (Wildman–Crippen MR) is 246 cm³/mol. The molecule has 0 fully saturated rings. The summed E-state index contributed by atoms with van der Waals surface area (Å²) >= 11 is 0. The summed E-state index contributed by atoms with van der Waals surface area (Å²) in [5.74, 6) is 1.99. The normalized spacial score (nSPS) is 27.9. The molecule has 0 radical (unpaired) electrons. The molecular formula is C56H52N4. The Bertz CT molecular complexity index is 2850. The van der Waals surface area contributed by atoms with E-state index >= 15 is 0 Å². The van der Waals surface area contributed by atoms with Gasteiger partial charge in [-0.25, -0.2) is 4.99 Å². The highest BCUT2D eigenvalue weighted by atomic mass is 15.4. The molecule has 4 nitrogen and oxygen atoms in total. The molecule has 0 bridgehead atoms. The van der Waals surface area contributed by atoms with Gasteiger partial charge < -0.3 is 14.8 Å². The number of aromatic nitrogens is 1. The van der Waals surface area contributed by atoms with E-state index in [9.17, 15) is 0 Å². The molecule has 6 unspecified atom stereocenters. The lowest BCUT2D eigenvalue weighted by atomic mass is 9.68. The molecule has 9 aliphatic rings. The SMILES string of the molecule is C1=CC2=C(CC1)C1C=C(C3C=c4c(c5c(n4-c4ccccc4)CCC=C5)=CC3)C=CC1N2C1N=C(c2ccc(C3CCC4=C5C(=CCCC53)CC4)cc2)c2ccccc2N1. The third kappa shape index (κ3) is 5.38. The summed E-state index contributed by atoms with van der Waals surface area (Å²) in [6.07, 6.45) is 37.6. The minimum absolute atomic E-state index is 0.207. The van der Waals surface area contributed by atoms with Crippen LogP contribution < -0.4 is 15.9 Å². The van der Waals surface area contributed by atoms with Crippen molar-refractivity contribution in [3.8, 4) is 5.69 Å². The minimum Gasteiger partial charge on any atom is -0.346 e. The van der Waals surface area contributed by atoms with Gasteiger partial charge in [0.05, 0.1) is 17.1 Å². The van der Waals surface area contributed by atoms with Crippen LogP contribution in [0.4, 0.5) is 5.69 Å². The summed E-state index contributed by atoms with van der Waals surface area (Å²) in [6, 6.07) is 29.7. The maximum Gasteiger partial charge on any atom is 0.197 e. The number of para-hydroxylation sites is 2. The first-order valence-electron chi connectivity index (χ1n) is 23.0. The third-order valence-electron chi connectivity index (χ3n) is 15.5. The van der Waals surface area contributed by atoms with E-state index in [0.29, 0.717) is 23.7 Å². The van der Waals surface area contributed by atoms with Crippen LogP contribution in [0.5, 0.6) is 0 Å². The Labute approximate surface area is 353 Å². The number of fused-ring (bicyclic) bond motifs is 6. The number of allylic oxidation sites excluding steroid dienone is 9. The Morgan fingerprint density at radius 1 is 0.717 bits per heavy atom. The first kappa shape index (κ1) is 34.9. The molecule has 0 amide bonds. The van der Waals surface area contributed by atoms with E-state index in [-0.39, 0.29) is 12.3 Å². The summed E-state index contributed by atoms with van der Waals surface area (Å²) in [4.78, 5) is 8.27. The Hall–Kier alpha value is -5.87. The summed E-state index contributed by atoms with van der Waals surface area (Å²) in [7, 11) is 0. The van der Waals surface area contributed by atoms with Crippen LogP contribution in [0.1, 0.15) is 98.1 Å². The highest BCUT2D eigenvalue weighted by Crippen LogP contribution is 2.53. The average molecular weight is 781 g/mol. The zero-order valence-corrected chi connectivity index (χ0v) is 34.4. The minimum atomic E-state index is -0.207. The number of benzene rings is 3. The maximum absolute atomic E-state index is 5.67. The lowest BCUT2D eigenvalue weighted by Crippen LogP contribution is -2.46. The van der Waals surface area contributed by atoms with E-state index < -0.39 is 0 Å². The van der Waals surface area contributed by atoms with Crippen molar-refractivity contribution in [1.82, 2.24) is 9.47 Å². The van der Waals surface area contributed by atoms with Crippen molar-refractivity contribution in [2.24, 2.45) is 22.7 Å². The molecule has 0 saturated carbocycles. The molecule has 0 spiro atoms. The van der Waals surface area contributed by atoms with Gasteiger partial charge in [0.1, 0.15) is 0 Å². The van der Waals surface area contributed by atoms with Crippen LogP contribution in [0.15, 0.2) is 160 Å². The van der Waals surface area contributed by atoms with Crippen molar-refractivity contribution in [3.63, 3.8) is 0 Å². The largest absolute Gasteiger partial charge is 0.346 e. The van der Waals surface area contributed by atoms with Crippen molar-refractivity contribution in [2.45, 2.75) is 88.9 Å². The van der Waals surface area contributed by atoms with Crippen molar-refractivity contribution >= 4 is 29.6 Å². The van der Waals surface area contributed by atoms with Crippen molar-refractivity contribution in [2.75, 3.05) is 5.32 Å². The number of anilines is 1. The fourth-order valence-electron chi connectivity index (χ4n) is 12.8. The van der Waals surface area contributed by atoms with Crippen LogP contribution in [0.2, 0.25) is 0 Å². The van der Waals surface area contributed by atoms with E-state index in [4.69, 9.17) is 4.99 Å². The fourth-order valence-corrected chi connectivity index (χ4v) is 12.8. The van der Waals surface area contributed by atoms with Gasteiger partial charge in [0, 0.05) is 56.5 Å². The van der Waals surface area contributed by atoms with Gasteiger partial charge in [0.15, 0.2) is 6.29 Å². The molecule has 3 aromatic carbocycles. The summed E-state index contributed by atoms with van der Waals surface area (Å²) in [5, 5.41) is 6.70. The first-order valence-corrected chi connectivity index (χ1v) is 23.0. The molecule has 60 heavy (non-hydrogen) atoms. The van der Waals surface area contributed by atoms with Crippen LogP contribution in [0.3, 0.4) is 0 Å². The Morgan fingerprint density at radius 2 is 1.58 bits per heavy atom. The number of aliphatic imine (C=N–C) groups is 1. The van der Waals surface area contributed by atoms with E-state index in [1.807, 2.05) is 0 Å². The van der Waals surface area contributed by atoms with E-state index in [0.717, 1.165) is 43.5 Å². The Kier molecular flexibility index (Phi) is 8.06. The van der Waals surface area contributed by atoms with Crippen LogP contribution >= 0.6 is 0 Å². The standard InChI is InChI=1S/C56H52N4/c1-2-12-41(13-3-1)59-50-19-8-5-14-43(50)45-31-28-40(34-53(45)59)39-29-32-52-48(33-39)44-15-6-9-20-51(44)60(52)56-57-49-18-7-4-16-47(49)55(58-56)38-25-21-35(22-26-38)42-30-27-37-24-23-36-11-10-17-46(42)54(36)37/h1-5,7,9,11-14,16,18,20-22,25-26,29,31-34,40,42,46,48,52,56-57H,6,8,10,15,17,19,23-24,27-28,30H2. The molecule has 1 aromatic heterocycles. The Morgan fingerprint density at radius 3 is 2.52 bits per heavy atom. The molecule has 4 aromatic rings. The number of hydrogen-bond acceptors (Lipinski definition) is 3. The van der Waals surface area contributed by atoms with Gasteiger partial charge in [0.2, 0.25) is 0 Å². The highest BCUT2D eigenvalue weighted by Gasteiger charge is 2.44. The van der Waals surface area contributed by atoms with Crippen LogP contribution in [-0.2, 0) is 6.42 Å². The van der Waals surface area contributed by atoms with E-state index in [1.165, 1.54) is 94.0 Å². The number of rotatable bonds is 5. The van der Waals surface area contributed by atoms with E-state index in [1.54, 1.807) is 22.3 Å². The molecule has 2 aliphatic heterocycles. The molecule has 1 N–H and O–H groups in total. The van der Waals surface area contributed by atoms with Gasteiger partial charge in [-0.05, 0) is 135 Å². The maximum atomic E-state index is 5.67. The fraction of sp³-hybridized carbons (Fsp3) is 0.304. The second-order valence-electron chi connectivity index (χ2n) is 18.5. The van der Waals surface area contributed by atoms with Gasteiger partial charge >= 0.3 is 0 Å². The number of nitrogens with one attached hydrogen (secondary N) is 1. The molecule has 7 aliphatic carbocycles. The van der Waals surface area contributed by atoms with Gasteiger partial charge in [-0.2, -0.15) is 0 Å². The quantitative estimate of drug-likeness (QED) is 0.219. The highest BCUT2D eigenvalue weighted by molar-refractivity contribution is 6.17. The second-order valence-corrected chi connectivity index (χ2v) is 18.5. The third-order valence-corrected chi connectivity index (χ3v) is 15.5. The van der Waals surface area contributed by atoms with Gasteiger partial charge in [-0.3, -0.25) is 0 Å². The van der Waals surface area contributed by atoms with Gasteiger partial charge in [-0.15, -0.1) is 0 Å². The molecule has 6 atom stereocenters. The van der Waals surface area contributed by atoms with E-state index in [2.05, 4.69) is 154 Å². The van der Waals surface area contributed by atoms with Gasteiger partial charge in [-0.1, -0.05) is 121 Å². The van der Waals surface area contributed by atoms with Crippen molar-refractivity contribution < 1.29 is 0 Å². The zero-order valence-electron chi connectivity index (χ0n) is 34.4. The number of hydrogen-bond donors (Lipinski definition) is 1. The molecule has 13 rings (SSSR count). The summed E-state index contributed by atoms with van der Waals surface area (Å²) < 4.78 is 2.55. The lowest BCUT2D eigenvalue weighted by Gasteiger charge is -2.39. The summed E-state index contributed by atoms with van der Waals surface area (Å²) in [5.41, 5.74) is 19.9. The summed E-state index contributed by atoms with van der Waals surface area (Å²) in [6.45, 7) is 0.